The summed E-state index contributed by atoms with van der Waals surface area (Å²) in [5, 5.41) is 11.4. The molecule has 0 bridgehead atoms. The van der Waals surface area contributed by atoms with Crippen LogP contribution < -0.4 is 15.4 Å². The van der Waals surface area contributed by atoms with E-state index in [1.165, 1.54) is 18.4 Å². The van der Waals surface area contributed by atoms with Gasteiger partial charge in [-0.2, -0.15) is 5.10 Å². The van der Waals surface area contributed by atoms with E-state index in [0.29, 0.717) is 19.7 Å². The highest BCUT2D eigenvalue weighted by Gasteiger charge is 2.22. The van der Waals surface area contributed by atoms with Gasteiger partial charge in [0.2, 0.25) is 0 Å². The molecule has 1 aliphatic carbocycles. The Labute approximate surface area is 203 Å². The van der Waals surface area contributed by atoms with E-state index < -0.39 is 0 Å². The standard InChI is InChI=1S/C23H35N5O2.HI/c1-5-24-23(26-15-21-17(2)27-28(18(21)3)12-13-29-4)25-14-20-8-6-7-9-22(20)30-16-19-10-11-19;/h6-9,19H,5,10-16H2,1-4H3,(H2,24,25,26);1H. The molecule has 8 heteroatoms. The normalized spacial score (nSPS) is 13.6. The van der Waals surface area contributed by atoms with Gasteiger partial charge in [0.1, 0.15) is 5.75 Å². The molecule has 0 spiro atoms. The Morgan fingerprint density at radius 1 is 1.23 bits per heavy atom. The predicted octanol–water partition coefficient (Wildman–Crippen LogP) is 3.81. The first-order chi connectivity index (χ1) is 14.6. The van der Waals surface area contributed by atoms with E-state index >= 15 is 0 Å². The molecule has 0 atom stereocenters. The smallest absolute Gasteiger partial charge is 0.191 e. The van der Waals surface area contributed by atoms with Gasteiger partial charge in [-0.1, -0.05) is 18.2 Å². The monoisotopic (exact) mass is 541 g/mol. The van der Waals surface area contributed by atoms with Gasteiger partial charge in [-0.25, -0.2) is 4.99 Å². The van der Waals surface area contributed by atoms with Crippen molar-refractivity contribution in [3.63, 3.8) is 0 Å². The van der Waals surface area contributed by atoms with Crippen molar-refractivity contribution in [3.05, 3.63) is 46.8 Å². The van der Waals surface area contributed by atoms with Gasteiger partial charge in [0.25, 0.3) is 0 Å². The number of para-hydroxylation sites is 1. The van der Waals surface area contributed by atoms with Gasteiger partial charge >= 0.3 is 0 Å². The fourth-order valence-corrected chi connectivity index (χ4v) is 3.33. The van der Waals surface area contributed by atoms with Gasteiger partial charge in [-0.15, -0.1) is 24.0 Å². The zero-order chi connectivity index (χ0) is 21.3. The topological polar surface area (TPSA) is 72.7 Å². The maximum Gasteiger partial charge on any atom is 0.191 e. The molecule has 7 nitrogen and oxygen atoms in total. The highest BCUT2D eigenvalue weighted by molar-refractivity contribution is 14.0. The lowest BCUT2D eigenvalue weighted by Crippen LogP contribution is -2.37. The summed E-state index contributed by atoms with van der Waals surface area (Å²) in [5.41, 5.74) is 4.50. The molecule has 3 rings (SSSR count). The molecule has 0 saturated heterocycles. The highest BCUT2D eigenvalue weighted by Crippen LogP contribution is 2.30. The summed E-state index contributed by atoms with van der Waals surface area (Å²) in [6.45, 7) is 10.5. The number of halogens is 1. The molecule has 0 unspecified atom stereocenters. The van der Waals surface area contributed by atoms with Gasteiger partial charge in [0, 0.05) is 37.0 Å². The lowest BCUT2D eigenvalue weighted by Gasteiger charge is -2.13. The first-order valence-corrected chi connectivity index (χ1v) is 10.9. The average molecular weight is 541 g/mol. The Balaban J connectivity index is 0.00000341. The van der Waals surface area contributed by atoms with Crippen LogP contribution >= 0.6 is 24.0 Å². The van der Waals surface area contributed by atoms with Crippen LogP contribution in [0.1, 0.15) is 42.3 Å². The van der Waals surface area contributed by atoms with Crippen molar-refractivity contribution in [1.29, 1.82) is 0 Å². The van der Waals surface area contributed by atoms with Crippen LogP contribution in [-0.2, 0) is 24.4 Å². The third kappa shape index (κ3) is 7.68. The van der Waals surface area contributed by atoms with E-state index in [2.05, 4.69) is 35.6 Å². The summed E-state index contributed by atoms with van der Waals surface area (Å²) in [6, 6.07) is 8.18. The van der Waals surface area contributed by atoms with Crippen LogP contribution in [0.2, 0.25) is 0 Å². The second-order valence-corrected chi connectivity index (χ2v) is 7.78. The lowest BCUT2D eigenvalue weighted by molar-refractivity contribution is 0.182. The summed E-state index contributed by atoms with van der Waals surface area (Å²) in [7, 11) is 1.71. The van der Waals surface area contributed by atoms with Crippen LogP contribution in [0, 0.1) is 19.8 Å². The van der Waals surface area contributed by atoms with E-state index in [4.69, 9.17) is 14.5 Å². The molecule has 0 amide bonds. The van der Waals surface area contributed by atoms with Gasteiger partial charge in [-0.05, 0) is 45.6 Å². The zero-order valence-electron chi connectivity index (χ0n) is 19.1. The molecule has 1 aliphatic rings. The Kier molecular flexibility index (Phi) is 10.6. The van der Waals surface area contributed by atoms with Crippen molar-refractivity contribution in [2.24, 2.45) is 10.9 Å². The van der Waals surface area contributed by atoms with Crippen molar-refractivity contribution >= 4 is 29.9 Å². The number of guanidine groups is 1. The number of aliphatic imine (C=N–C) groups is 1. The van der Waals surface area contributed by atoms with Crippen LogP contribution in [0.15, 0.2) is 29.3 Å². The minimum atomic E-state index is 0. The van der Waals surface area contributed by atoms with Gasteiger partial charge in [-0.3, -0.25) is 4.68 Å². The summed E-state index contributed by atoms with van der Waals surface area (Å²) in [6.07, 6.45) is 2.57. The highest BCUT2D eigenvalue weighted by atomic mass is 127. The van der Waals surface area contributed by atoms with Crippen molar-refractivity contribution < 1.29 is 9.47 Å². The molecule has 172 valence electrons. The molecule has 2 aromatic rings. The fraction of sp³-hybridized carbons (Fsp3) is 0.565. The molecule has 1 fully saturated rings. The third-order valence-corrected chi connectivity index (χ3v) is 5.37. The van der Waals surface area contributed by atoms with Crippen LogP contribution in [0.3, 0.4) is 0 Å². The van der Waals surface area contributed by atoms with E-state index in [-0.39, 0.29) is 24.0 Å². The van der Waals surface area contributed by atoms with Crippen LogP contribution in [0.25, 0.3) is 0 Å². The second-order valence-electron chi connectivity index (χ2n) is 7.78. The van der Waals surface area contributed by atoms with E-state index in [1.54, 1.807) is 7.11 Å². The minimum absolute atomic E-state index is 0. The molecule has 1 aromatic carbocycles. The molecule has 0 radical (unpaired) electrons. The number of aromatic nitrogens is 2. The summed E-state index contributed by atoms with van der Waals surface area (Å²) >= 11 is 0. The third-order valence-electron chi connectivity index (χ3n) is 5.37. The number of hydrogen-bond donors (Lipinski definition) is 2. The van der Waals surface area contributed by atoms with Gasteiger partial charge < -0.3 is 20.1 Å². The number of nitrogens with one attached hydrogen (secondary N) is 2. The number of nitrogens with zero attached hydrogens (tertiary/aromatic N) is 3. The Morgan fingerprint density at radius 2 is 2.00 bits per heavy atom. The van der Waals surface area contributed by atoms with Crippen molar-refractivity contribution in [3.8, 4) is 5.75 Å². The van der Waals surface area contributed by atoms with Crippen molar-refractivity contribution in [1.82, 2.24) is 20.4 Å². The van der Waals surface area contributed by atoms with E-state index in [1.807, 2.05) is 29.8 Å². The van der Waals surface area contributed by atoms with Crippen molar-refractivity contribution in [2.75, 3.05) is 26.9 Å². The van der Waals surface area contributed by atoms with E-state index in [0.717, 1.165) is 54.3 Å². The number of rotatable bonds is 11. The Morgan fingerprint density at radius 3 is 2.71 bits per heavy atom. The number of aryl methyl sites for hydroxylation is 1. The van der Waals surface area contributed by atoms with Crippen molar-refractivity contribution in [2.45, 2.75) is 53.2 Å². The van der Waals surface area contributed by atoms with Crippen LogP contribution in [-0.4, -0.2) is 42.6 Å². The van der Waals surface area contributed by atoms with E-state index in [9.17, 15) is 0 Å². The molecule has 31 heavy (non-hydrogen) atoms. The van der Waals surface area contributed by atoms with Gasteiger partial charge in [0.15, 0.2) is 5.96 Å². The SMILES string of the molecule is CCNC(=NCc1ccccc1OCC1CC1)NCc1c(C)nn(CCOC)c1C.I. The molecule has 1 heterocycles. The van der Waals surface area contributed by atoms with Gasteiger partial charge in [0.05, 0.1) is 32.0 Å². The molecule has 1 saturated carbocycles. The maximum absolute atomic E-state index is 6.02. The van der Waals surface area contributed by atoms with Crippen LogP contribution in [0.4, 0.5) is 0 Å². The molecule has 1 aromatic heterocycles. The number of hydrogen-bond acceptors (Lipinski definition) is 4. The predicted molar refractivity (Wildman–Crippen MR) is 135 cm³/mol. The quantitative estimate of drug-likeness (QED) is 0.257. The molecule has 2 N–H and O–H groups in total. The lowest BCUT2D eigenvalue weighted by atomic mass is 10.2. The average Bonchev–Trinajstić information content (AvgIpc) is 3.54. The summed E-state index contributed by atoms with van der Waals surface area (Å²) in [4.78, 5) is 4.79. The first kappa shape index (κ1) is 25.5. The Bertz CT molecular complexity index is 848. The molecule has 0 aliphatic heterocycles. The second kappa shape index (κ2) is 12.9. The fourth-order valence-electron chi connectivity index (χ4n) is 3.33. The Hall–Kier alpha value is -1.81. The summed E-state index contributed by atoms with van der Waals surface area (Å²) in [5.74, 6) is 2.46. The minimum Gasteiger partial charge on any atom is -0.493 e. The zero-order valence-corrected chi connectivity index (χ0v) is 21.4. The molecular weight excluding hydrogens is 505 g/mol. The number of methoxy groups -OCH3 is 1. The summed E-state index contributed by atoms with van der Waals surface area (Å²) < 4.78 is 13.2. The molecular formula is C23H36IN5O2. The maximum atomic E-state index is 6.02. The first-order valence-electron chi connectivity index (χ1n) is 10.9. The largest absolute Gasteiger partial charge is 0.493 e. The number of ether oxygens (including phenoxy) is 2. The number of benzene rings is 1. The van der Waals surface area contributed by atoms with Crippen LogP contribution in [0.5, 0.6) is 5.75 Å².